The Hall–Kier alpha value is -3.41. The number of nitrogens with zero attached hydrogens (tertiary/aromatic N) is 2. The Bertz CT molecular complexity index is 1030. The average molecular weight is 418 g/mol. The molecule has 0 aliphatic carbocycles. The van der Waals surface area contributed by atoms with Gasteiger partial charge in [0.2, 0.25) is 11.8 Å². The van der Waals surface area contributed by atoms with Crippen LogP contribution in [0.4, 0.5) is 0 Å². The highest BCUT2D eigenvalue weighted by molar-refractivity contribution is 5.93. The van der Waals surface area contributed by atoms with Crippen molar-refractivity contribution in [2.45, 2.75) is 51.7 Å². The first kappa shape index (κ1) is 20.8. The molecule has 4 rings (SSSR count). The minimum Gasteiger partial charge on any atom is -0.444 e. The topological polar surface area (TPSA) is 75.4 Å². The molecule has 1 aromatic heterocycles. The van der Waals surface area contributed by atoms with E-state index in [1.807, 2.05) is 59.5 Å². The summed E-state index contributed by atoms with van der Waals surface area (Å²) < 4.78 is 5.58. The van der Waals surface area contributed by atoms with Crippen molar-refractivity contribution < 1.29 is 14.0 Å². The van der Waals surface area contributed by atoms with Crippen LogP contribution in [-0.4, -0.2) is 33.8 Å². The first-order chi connectivity index (χ1) is 15.0. The number of amides is 2. The van der Waals surface area contributed by atoms with Crippen molar-refractivity contribution in [3.63, 3.8) is 0 Å². The summed E-state index contributed by atoms with van der Waals surface area (Å²) in [5.74, 6) is 0.323. The van der Waals surface area contributed by atoms with Gasteiger partial charge in [-0.05, 0) is 49.9 Å². The molecule has 1 aliphatic rings. The van der Waals surface area contributed by atoms with Gasteiger partial charge in [0.15, 0.2) is 5.69 Å². The lowest BCUT2D eigenvalue weighted by Gasteiger charge is -2.25. The minimum absolute atomic E-state index is 0.0171. The SMILES string of the molecule is CC1CCC(C)N1C(=O)c1coc(-c2ccc(CNC(=O)Cc3ccccc3)cc2)n1. The van der Waals surface area contributed by atoms with E-state index >= 15 is 0 Å². The van der Waals surface area contributed by atoms with Crippen LogP contribution >= 0.6 is 0 Å². The molecule has 0 bridgehead atoms. The van der Waals surface area contributed by atoms with Crippen LogP contribution in [0, 0.1) is 0 Å². The number of hydrogen-bond acceptors (Lipinski definition) is 4. The van der Waals surface area contributed by atoms with Gasteiger partial charge in [0.05, 0.1) is 6.42 Å². The maximum atomic E-state index is 12.8. The third-order valence-corrected chi connectivity index (χ3v) is 5.81. The number of aromatic nitrogens is 1. The molecular weight excluding hydrogens is 390 g/mol. The van der Waals surface area contributed by atoms with Crippen molar-refractivity contribution in [3.05, 3.63) is 77.7 Å². The summed E-state index contributed by atoms with van der Waals surface area (Å²) in [6.45, 7) is 4.59. The molecule has 1 N–H and O–H groups in total. The summed E-state index contributed by atoms with van der Waals surface area (Å²) in [5.41, 5.74) is 3.10. The molecule has 31 heavy (non-hydrogen) atoms. The molecule has 160 valence electrons. The van der Waals surface area contributed by atoms with Gasteiger partial charge in [-0.3, -0.25) is 9.59 Å². The van der Waals surface area contributed by atoms with Crippen LogP contribution in [0.2, 0.25) is 0 Å². The molecule has 2 atom stereocenters. The third-order valence-electron chi connectivity index (χ3n) is 5.81. The van der Waals surface area contributed by atoms with Crippen molar-refractivity contribution in [2.75, 3.05) is 0 Å². The molecule has 0 radical (unpaired) electrons. The zero-order valence-corrected chi connectivity index (χ0v) is 17.9. The van der Waals surface area contributed by atoms with Gasteiger partial charge in [-0.15, -0.1) is 0 Å². The summed E-state index contributed by atoms with van der Waals surface area (Å²) in [7, 11) is 0. The van der Waals surface area contributed by atoms with Gasteiger partial charge >= 0.3 is 0 Å². The lowest BCUT2D eigenvalue weighted by atomic mass is 10.1. The number of carbonyl (C=O) groups excluding carboxylic acids is 2. The molecule has 1 aliphatic heterocycles. The van der Waals surface area contributed by atoms with E-state index in [-0.39, 0.29) is 23.9 Å². The largest absolute Gasteiger partial charge is 0.444 e. The van der Waals surface area contributed by atoms with Gasteiger partial charge in [-0.2, -0.15) is 0 Å². The third kappa shape index (κ3) is 4.85. The summed E-state index contributed by atoms with van der Waals surface area (Å²) >= 11 is 0. The predicted octanol–water partition coefficient (Wildman–Crippen LogP) is 4.21. The van der Waals surface area contributed by atoms with Crippen LogP contribution < -0.4 is 5.32 Å². The van der Waals surface area contributed by atoms with E-state index in [0.717, 1.165) is 29.5 Å². The second-order valence-corrected chi connectivity index (χ2v) is 8.16. The molecule has 2 aromatic carbocycles. The second kappa shape index (κ2) is 9.16. The summed E-state index contributed by atoms with van der Waals surface area (Å²) in [4.78, 5) is 31.2. The summed E-state index contributed by atoms with van der Waals surface area (Å²) in [6.07, 6.45) is 3.83. The van der Waals surface area contributed by atoms with E-state index in [2.05, 4.69) is 24.1 Å². The van der Waals surface area contributed by atoms with Gasteiger partial charge in [-0.25, -0.2) is 4.98 Å². The number of carbonyl (C=O) groups is 2. The average Bonchev–Trinajstić information content (AvgIpc) is 3.40. The fourth-order valence-electron chi connectivity index (χ4n) is 4.04. The standard InChI is InChI=1S/C25H27N3O3/c1-17-8-9-18(2)28(17)25(30)22-16-31-24(27-22)21-12-10-20(11-13-21)15-26-23(29)14-19-6-4-3-5-7-19/h3-7,10-13,16-18H,8-9,14-15H2,1-2H3,(H,26,29). The molecule has 3 aromatic rings. The van der Waals surface area contributed by atoms with Crippen LogP contribution in [0.1, 0.15) is 48.3 Å². The lowest BCUT2D eigenvalue weighted by molar-refractivity contribution is -0.120. The van der Waals surface area contributed by atoms with Gasteiger partial charge in [0.1, 0.15) is 6.26 Å². The van der Waals surface area contributed by atoms with Crippen molar-refractivity contribution >= 4 is 11.8 Å². The van der Waals surface area contributed by atoms with Crippen molar-refractivity contribution in [1.29, 1.82) is 0 Å². The Morgan fingerprint density at radius 3 is 2.35 bits per heavy atom. The van der Waals surface area contributed by atoms with Crippen LogP contribution in [-0.2, 0) is 17.8 Å². The van der Waals surface area contributed by atoms with Gasteiger partial charge < -0.3 is 14.6 Å². The van der Waals surface area contributed by atoms with Crippen LogP contribution in [0.5, 0.6) is 0 Å². The van der Waals surface area contributed by atoms with Gasteiger partial charge in [0, 0.05) is 24.2 Å². The number of oxazole rings is 1. The zero-order valence-electron chi connectivity index (χ0n) is 17.9. The van der Waals surface area contributed by atoms with E-state index in [1.165, 1.54) is 6.26 Å². The van der Waals surface area contributed by atoms with Gasteiger partial charge in [-0.1, -0.05) is 42.5 Å². The van der Waals surface area contributed by atoms with Crippen molar-refractivity contribution in [2.24, 2.45) is 0 Å². The first-order valence-corrected chi connectivity index (χ1v) is 10.7. The summed E-state index contributed by atoms with van der Waals surface area (Å²) in [5, 5.41) is 2.94. The zero-order chi connectivity index (χ0) is 21.8. The molecule has 6 nitrogen and oxygen atoms in total. The normalized spacial score (nSPS) is 18.2. The minimum atomic E-state index is -0.0785. The molecule has 2 unspecified atom stereocenters. The van der Waals surface area contributed by atoms with Crippen LogP contribution in [0.15, 0.2) is 65.3 Å². The Kier molecular flexibility index (Phi) is 6.16. The molecule has 0 spiro atoms. The Balaban J connectivity index is 1.35. The maximum absolute atomic E-state index is 12.8. The Morgan fingerprint density at radius 1 is 1.00 bits per heavy atom. The van der Waals surface area contributed by atoms with Crippen molar-refractivity contribution in [3.8, 4) is 11.5 Å². The molecule has 2 heterocycles. The second-order valence-electron chi connectivity index (χ2n) is 8.16. The Morgan fingerprint density at radius 2 is 1.68 bits per heavy atom. The molecule has 1 fully saturated rings. The number of hydrogen-bond donors (Lipinski definition) is 1. The fourth-order valence-corrected chi connectivity index (χ4v) is 4.04. The first-order valence-electron chi connectivity index (χ1n) is 10.7. The highest BCUT2D eigenvalue weighted by Gasteiger charge is 2.33. The van der Waals surface area contributed by atoms with Gasteiger partial charge in [0.25, 0.3) is 5.91 Å². The fraction of sp³-hybridized carbons (Fsp3) is 0.320. The number of likely N-dealkylation sites (tertiary alicyclic amines) is 1. The van der Waals surface area contributed by atoms with E-state index in [1.54, 1.807) is 0 Å². The number of rotatable bonds is 6. The molecule has 0 saturated carbocycles. The van der Waals surface area contributed by atoms with E-state index in [4.69, 9.17) is 4.42 Å². The summed E-state index contributed by atoms with van der Waals surface area (Å²) in [6, 6.07) is 17.7. The predicted molar refractivity (Wildman–Crippen MR) is 118 cm³/mol. The number of nitrogens with one attached hydrogen (secondary N) is 1. The molecular formula is C25H27N3O3. The maximum Gasteiger partial charge on any atom is 0.276 e. The Labute approximate surface area is 182 Å². The number of benzene rings is 2. The highest BCUT2D eigenvalue weighted by Crippen LogP contribution is 2.26. The van der Waals surface area contributed by atoms with E-state index in [9.17, 15) is 9.59 Å². The molecule has 6 heteroatoms. The lowest BCUT2D eigenvalue weighted by Crippen LogP contribution is -2.38. The molecule has 1 saturated heterocycles. The smallest absolute Gasteiger partial charge is 0.276 e. The van der Waals surface area contributed by atoms with Crippen molar-refractivity contribution in [1.82, 2.24) is 15.2 Å². The quantitative estimate of drug-likeness (QED) is 0.652. The molecule has 2 amide bonds. The van der Waals surface area contributed by atoms with E-state index < -0.39 is 0 Å². The van der Waals surface area contributed by atoms with Crippen LogP contribution in [0.25, 0.3) is 11.5 Å². The van der Waals surface area contributed by atoms with Crippen LogP contribution in [0.3, 0.4) is 0 Å². The highest BCUT2D eigenvalue weighted by atomic mass is 16.3. The monoisotopic (exact) mass is 417 g/mol. The van der Waals surface area contributed by atoms with E-state index in [0.29, 0.717) is 24.6 Å².